The van der Waals surface area contributed by atoms with Gasteiger partial charge < -0.3 is 10.1 Å². The number of nitrogens with one attached hydrogen (secondary N) is 1. The van der Waals surface area contributed by atoms with Gasteiger partial charge in [-0.15, -0.1) is 0 Å². The number of amides is 1. The molecule has 0 heterocycles. The fourth-order valence-electron chi connectivity index (χ4n) is 2.69. The van der Waals surface area contributed by atoms with Crippen LogP contribution in [0.4, 0.5) is 0 Å². The van der Waals surface area contributed by atoms with E-state index in [-0.39, 0.29) is 10.8 Å². The van der Waals surface area contributed by atoms with Gasteiger partial charge in [-0.2, -0.15) is 0 Å². The highest BCUT2D eigenvalue weighted by Gasteiger charge is 2.07. The Hall–Kier alpha value is -2.38. The second-order valence-electron chi connectivity index (χ2n) is 6.34. The zero-order chi connectivity index (χ0) is 19.7. The molecular formula is C20H26N2O4S. The molecule has 0 saturated carbocycles. The standard InChI is InChI=1S/C20H26N2O4S/c1-26-18-10-6-16(7-11-18)4-2-3-5-20(23)22-15-14-17-8-12-19(13-9-17)27(21,24)25/h6-13H,2-5,14-15H2,1H3,(H,22,23)(H2,21,24,25). The van der Waals surface area contributed by atoms with Crippen LogP contribution in [0.15, 0.2) is 53.4 Å². The second-order valence-corrected chi connectivity index (χ2v) is 7.91. The van der Waals surface area contributed by atoms with Gasteiger partial charge in [0.1, 0.15) is 5.75 Å². The van der Waals surface area contributed by atoms with E-state index in [1.807, 2.05) is 24.3 Å². The van der Waals surface area contributed by atoms with Crippen molar-refractivity contribution in [2.24, 2.45) is 5.14 Å². The fourth-order valence-corrected chi connectivity index (χ4v) is 3.20. The lowest BCUT2D eigenvalue weighted by Gasteiger charge is -2.07. The van der Waals surface area contributed by atoms with Crippen molar-refractivity contribution in [3.05, 3.63) is 59.7 Å². The summed E-state index contributed by atoms with van der Waals surface area (Å²) < 4.78 is 27.5. The molecule has 0 bridgehead atoms. The third-order valence-electron chi connectivity index (χ3n) is 4.27. The van der Waals surface area contributed by atoms with E-state index in [0.717, 1.165) is 30.6 Å². The molecule has 27 heavy (non-hydrogen) atoms. The largest absolute Gasteiger partial charge is 0.497 e. The summed E-state index contributed by atoms with van der Waals surface area (Å²) in [6.45, 7) is 0.520. The Balaban J connectivity index is 1.61. The number of ether oxygens (including phenoxy) is 1. The van der Waals surface area contributed by atoms with Crippen molar-refractivity contribution in [3.63, 3.8) is 0 Å². The summed E-state index contributed by atoms with van der Waals surface area (Å²) in [7, 11) is -2.02. The third kappa shape index (κ3) is 7.40. The number of carbonyl (C=O) groups excluding carboxylic acids is 1. The normalized spacial score (nSPS) is 11.2. The molecule has 0 saturated heterocycles. The topological polar surface area (TPSA) is 98.5 Å². The highest BCUT2D eigenvalue weighted by Crippen LogP contribution is 2.13. The molecule has 6 nitrogen and oxygen atoms in total. The molecule has 2 rings (SSSR count). The Kier molecular flexibility index (Phi) is 7.82. The Bertz CT molecular complexity index is 831. The lowest BCUT2D eigenvalue weighted by Crippen LogP contribution is -2.25. The van der Waals surface area contributed by atoms with Crippen LogP contribution in [0, 0.1) is 0 Å². The Labute approximate surface area is 160 Å². The van der Waals surface area contributed by atoms with E-state index in [1.54, 1.807) is 19.2 Å². The first-order chi connectivity index (χ1) is 12.9. The average molecular weight is 391 g/mol. The first-order valence-corrected chi connectivity index (χ1v) is 10.4. The maximum Gasteiger partial charge on any atom is 0.238 e. The maximum atomic E-state index is 11.9. The second kappa shape index (κ2) is 10.1. The molecule has 3 N–H and O–H groups in total. The molecule has 2 aromatic rings. The predicted molar refractivity (Wildman–Crippen MR) is 105 cm³/mol. The van der Waals surface area contributed by atoms with Gasteiger partial charge in [0.05, 0.1) is 12.0 Å². The number of aryl methyl sites for hydroxylation is 1. The van der Waals surface area contributed by atoms with Gasteiger partial charge in [0, 0.05) is 13.0 Å². The van der Waals surface area contributed by atoms with Crippen molar-refractivity contribution in [3.8, 4) is 5.75 Å². The summed E-state index contributed by atoms with van der Waals surface area (Å²) in [6, 6.07) is 14.3. The Morgan fingerprint density at radius 1 is 0.963 bits per heavy atom. The first kappa shape index (κ1) is 20.9. The van der Waals surface area contributed by atoms with Gasteiger partial charge in [0.2, 0.25) is 15.9 Å². The molecule has 2 aromatic carbocycles. The summed E-state index contributed by atoms with van der Waals surface area (Å²) in [4.78, 5) is 12.0. The highest BCUT2D eigenvalue weighted by atomic mass is 32.2. The van der Waals surface area contributed by atoms with E-state index in [4.69, 9.17) is 9.88 Å². The highest BCUT2D eigenvalue weighted by molar-refractivity contribution is 7.89. The van der Waals surface area contributed by atoms with Gasteiger partial charge in [-0.05, 0) is 61.1 Å². The first-order valence-electron chi connectivity index (χ1n) is 8.90. The molecule has 0 aliphatic rings. The molecular weight excluding hydrogens is 364 g/mol. The van der Waals surface area contributed by atoms with Gasteiger partial charge in [0.25, 0.3) is 0 Å². The van der Waals surface area contributed by atoms with Gasteiger partial charge in [0.15, 0.2) is 0 Å². The minimum absolute atomic E-state index is 0.0332. The van der Waals surface area contributed by atoms with Gasteiger partial charge in [-0.3, -0.25) is 4.79 Å². The molecule has 146 valence electrons. The van der Waals surface area contributed by atoms with Crippen molar-refractivity contribution in [1.29, 1.82) is 0 Å². The molecule has 0 radical (unpaired) electrons. The summed E-state index contributed by atoms with van der Waals surface area (Å²) in [5.74, 6) is 0.878. The molecule has 1 amide bonds. The number of hydrogen-bond donors (Lipinski definition) is 2. The Morgan fingerprint density at radius 3 is 2.15 bits per heavy atom. The van der Waals surface area contributed by atoms with Gasteiger partial charge in [-0.1, -0.05) is 24.3 Å². The van der Waals surface area contributed by atoms with Crippen LogP contribution in [0.1, 0.15) is 30.4 Å². The monoisotopic (exact) mass is 390 g/mol. The van der Waals surface area contributed by atoms with E-state index in [2.05, 4.69) is 5.32 Å². The van der Waals surface area contributed by atoms with Crippen LogP contribution in [0.5, 0.6) is 5.75 Å². The summed E-state index contributed by atoms with van der Waals surface area (Å²) in [5, 5.41) is 7.96. The van der Waals surface area contributed by atoms with Crippen LogP contribution < -0.4 is 15.2 Å². The quantitative estimate of drug-likeness (QED) is 0.609. The molecule has 0 fully saturated rings. The van der Waals surface area contributed by atoms with E-state index in [1.165, 1.54) is 17.7 Å². The van der Waals surface area contributed by atoms with Gasteiger partial charge >= 0.3 is 0 Å². The van der Waals surface area contributed by atoms with E-state index in [9.17, 15) is 13.2 Å². The van der Waals surface area contributed by atoms with E-state index >= 15 is 0 Å². The van der Waals surface area contributed by atoms with Crippen molar-refractivity contribution < 1.29 is 17.9 Å². The van der Waals surface area contributed by atoms with Crippen molar-refractivity contribution in [1.82, 2.24) is 5.32 Å². The smallest absolute Gasteiger partial charge is 0.238 e. The van der Waals surface area contributed by atoms with Crippen molar-refractivity contribution in [2.75, 3.05) is 13.7 Å². The van der Waals surface area contributed by atoms with Crippen LogP contribution in [0.25, 0.3) is 0 Å². The molecule has 0 aliphatic heterocycles. The van der Waals surface area contributed by atoms with Crippen molar-refractivity contribution in [2.45, 2.75) is 37.0 Å². The van der Waals surface area contributed by atoms with Crippen LogP contribution in [-0.4, -0.2) is 28.0 Å². The summed E-state index contributed by atoms with van der Waals surface area (Å²) in [6.07, 6.45) is 3.87. The minimum atomic E-state index is -3.67. The lowest BCUT2D eigenvalue weighted by atomic mass is 10.1. The number of rotatable bonds is 10. The van der Waals surface area contributed by atoms with Gasteiger partial charge in [-0.25, -0.2) is 13.6 Å². The molecule has 0 unspecified atom stereocenters. The molecule has 0 aromatic heterocycles. The molecule has 7 heteroatoms. The summed E-state index contributed by atoms with van der Waals surface area (Å²) >= 11 is 0. The molecule has 0 atom stereocenters. The number of carbonyl (C=O) groups is 1. The van der Waals surface area contributed by atoms with E-state index in [0.29, 0.717) is 19.4 Å². The number of nitrogens with two attached hydrogens (primary N) is 1. The zero-order valence-corrected chi connectivity index (χ0v) is 16.3. The molecule has 0 aliphatic carbocycles. The van der Waals surface area contributed by atoms with Crippen LogP contribution in [0.2, 0.25) is 0 Å². The summed E-state index contributed by atoms with van der Waals surface area (Å²) in [5.41, 5.74) is 2.18. The van der Waals surface area contributed by atoms with Crippen LogP contribution in [-0.2, 0) is 27.7 Å². The van der Waals surface area contributed by atoms with Crippen LogP contribution >= 0.6 is 0 Å². The third-order valence-corrected chi connectivity index (χ3v) is 5.20. The number of hydrogen-bond acceptors (Lipinski definition) is 4. The van der Waals surface area contributed by atoms with E-state index < -0.39 is 10.0 Å². The number of methoxy groups -OCH3 is 1. The SMILES string of the molecule is COc1ccc(CCCCC(=O)NCCc2ccc(S(N)(=O)=O)cc2)cc1. The average Bonchev–Trinajstić information content (AvgIpc) is 2.65. The minimum Gasteiger partial charge on any atom is -0.497 e. The Morgan fingerprint density at radius 2 is 1.56 bits per heavy atom. The maximum absolute atomic E-state index is 11.9. The fraction of sp³-hybridized carbons (Fsp3) is 0.350. The van der Waals surface area contributed by atoms with Crippen LogP contribution in [0.3, 0.4) is 0 Å². The van der Waals surface area contributed by atoms with Crippen molar-refractivity contribution >= 4 is 15.9 Å². The number of primary sulfonamides is 1. The number of unbranched alkanes of at least 4 members (excludes halogenated alkanes) is 1. The number of sulfonamides is 1. The molecule has 0 spiro atoms. The zero-order valence-electron chi connectivity index (χ0n) is 15.5. The lowest BCUT2D eigenvalue weighted by molar-refractivity contribution is -0.121. The number of benzene rings is 2. The predicted octanol–water partition coefficient (Wildman–Crippen LogP) is 2.41.